The number of fused-ring (bicyclic) bond motifs is 1. The van der Waals surface area contributed by atoms with E-state index in [1.165, 1.54) is 24.0 Å². The van der Waals surface area contributed by atoms with Crippen LogP contribution in [0.1, 0.15) is 29.9 Å². The van der Waals surface area contributed by atoms with Crippen LogP contribution in [0.5, 0.6) is 0 Å². The number of rotatable bonds is 3. The molecule has 1 aliphatic heterocycles. The predicted molar refractivity (Wildman–Crippen MR) is 71.5 cm³/mol. The molecular weight excluding hydrogens is 224 g/mol. The number of hydrogen-bond acceptors (Lipinski definition) is 2. The molecule has 18 heavy (non-hydrogen) atoms. The Labute approximate surface area is 108 Å². The number of amides is 1. The lowest BCUT2D eigenvalue weighted by molar-refractivity contribution is -0.132. The molecule has 1 amide bonds. The van der Waals surface area contributed by atoms with Gasteiger partial charge in [-0.05, 0) is 36.9 Å². The second-order valence-electron chi connectivity index (χ2n) is 5.47. The van der Waals surface area contributed by atoms with Gasteiger partial charge in [0.1, 0.15) is 0 Å². The lowest BCUT2D eigenvalue weighted by Gasteiger charge is -2.33. The molecule has 1 aliphatic carbocycles. The zero-order valence-corrected chi connectivity index (χ0v) is 10.9. The summed E-state index contributed by atoms with van der Waals surface area (Å²) in [6, 6.07) is 8.78. The van der Waals surface area contributed by atoms with Crippen LogP contribution in [0.2, 0.25) is 0 Å². The molecule has 1 aromatic carbocycles. The molecule has 2 atom stereocenters. The normalized spacial score (nSPS) is 25.4. The van der Waals surface area contributed by atoms with E-state index in [1.807, 2.05) is 24.1 Å². The largest absolute Gasteiger partial charge is 0.344 e. The molecule has 0 bridgehead atoms. The fourth-order valence-corrected chi connectivity index (χ4v) is 3.08. The fraction of sp³-hybridized carbons (Fsp3) is 0.533. The summed E-state index contributed by atoms with van der Waals surface area (Å²) in [4.78, 5) is 14.3. The Morgan fingerprint density at radius 2 is 2.28 bits per heavy atom. The zero-order chi connectivity index (χ0) is 12.5. The standard InChI is InChI=1S/C15H20N2O/c1-17(10-12-6-4-8-16-12)15(18)14-9-11-5-2-3-7-13(11)14/h2-3,5,7,12,14,16H,4,6,8-10H2,1H3. The van der Waals surface area contributed by atoms with E-state index >= 15 is 0 Å². The van der Waals surface area contributed by atoms with Gasteiger partial charge in [0.15, 0.2) is 0 Å². The summed E-state index contributed by atoms with van der Waals surface area (Å²) in [6.45, 7) is 1.94. The van der Waals surface area contributed by atoms with E-state index in [1.54, 1.807) is 0 Å². The van der Waals surface area contributed by atoms with Gasteiger partial charge in [-0.3, -0.25) is 4.79 Å². The first kappa shape index (κ1) is 11.7. The van der Waals surface area contributed by atoms with Crippen molar-refractivity contribution in [3.05, 3.63) is 35.4 Å². The van der Waals surface area contributed by atoms with Crippen LogP contribution in [0.25, 0.3) is 0 Å². The molecule has 0 spiro atoms. The molecule has 0 aromatic heterocycles. The van der Waals surface area contributed by atoms with Crippen LogP contribution in [-0.4, -0.2) is 37.0 Å². The van der Waals surface area contributed by atoms with Crippen LogP contribution in [-0.2, 0) is 11.2 Å². The molecule has 1 heterocycles. The van der Waals surface area contributed by atoms with Crippen molar-refractivity contribution in [2.45, 2.75) is 31.2 Å². The van der Waals surface area contributed by atoms with Crippen molar-refractivity contribution in [1.29, 1.82) is 0 Å². The predicted octanol–water partition coefficient (Wildman–Crippen LogP) is 1.54. The molecule has 1 fully saturated rings. The fourth-order valence-electron chi connectivity index (χ4n) is 3.08. The Hall–Kier alpha value is -1.35. The lowest BCUT2D eigenvalue weighted by atomic mass is 9.77. The van der Waals surface area contributed by atoms with Gasteiger partial charge < -0.3 is 10.2 Å². The number of nitrogens with one attached hydrogen (secondary N) is 1. The number of likely N-dealkylation sites (N-methyl/N-ethyl adjacent to an activating group) is 1. The van der Waals surface area contributed by atoms with Gasteiger partial charge in [0.05, 0.1) is 5.92 Å². The van der Waals surface area contributed by atoms with E-state index in [2.05, 4.69) is 17.4 Å². The summed E-state index contributed by atoms with van der Waals surface area (Å²) < 4.78 is 0. The van der Waals surface area contributed by atoms with Crippen LogP contribution < -0.4 is 5.32 Å². The highest BCUT2D eigenvalue weighted by atomic mass is 16.2. The van der Waals surface area contributed by atoms with Gasteiger partial charge >= 0.3 is 0 Å². The summed E-state index contributed by atoms with van der Waals surface area (Å²) in [5, 5.41) is 3.44. The quantitative estimate of drug-likeness (QED) is 0.874. The Balaban J connectivity index is 1.62. The minimum atomic E-state index is 0.104. The van der Waals surface area contributed by atoms with E-state index < -0.39 is 0 Å². The number of carbonyl (C=O) groups excluding carboxylic acids is 1. The molecule has 1 saturated heterocycles. The highest BCUT2D eigenvalue weighted by Crippen LogP contribution is 2.35. The summed E-state index contributed by atoms with van der Waals surface area (Å²) in [7, 11) is 1.93. The number of carbonyl (C=O) groups is 1. The van der Waals surface area contributed by atoms with E-state index in [4.69, 9.17) is 0 Å². The molecule has 1 aromatic rings. The van der Waals surface area contributed by atoms with Crippen molar-refractivity contribution in [3.8, 4) is 0 Å². The third-order valence-corrected chi connectivity index (χ3v) is 4.19. The molecule has 0 radical (unpaired) electrons. The van der Waals surface area contributed by atoms with Crippen molar-refractivity contribution in [2.24, 2.45) is 0 Å². The first-order valence-electron chi connectivity index (χ1n) is 6.82. The van der Waals surface area contributed by atoms with Crippen molar-refractivity contribution in [2.75, 3.05) is 20.1 Å². The van der Waals surface area contributed by atoms with Crippen molar-refractivity contribution in [1.82, 2.24) is 10.2 Å². The third kappa shape index (κ3) is 2.03. The maximum atomic E-state index is 12.4. The molecule has 2 aliphatic rings. The molecule has 0 saturated carbocycles. The first-order chi connectivity index (χ1) is 8.75. The molecule has 2 unspecified atom stereocenters. The SMILES string of the molecule is CN(CC1CCCN1)C(=O)C1Cc2ccccc21. The van der Waals surface area contributed by atoms with Crippen LogP contribution in [0, 0.1) is 0 Å². The Kier molecular flexibility index (Phi) is 3.08. The van der Waals surface area contributed by atoms with Crippen molar-refractivity contribution < 1.29 is 4.79 Å². The van der Waals surface area contributed by atoms with E-state index in [0.717, 1.165) is 19.5 Å². The smallest absolute Gasteiger partial charge is 0.230 e. The van der Waals surface area contributed by atoms with E-state index in [9.17, 15) is 4.79 Å². The lowest BCUT2D eigenvalue weighted by Crippen LogP contribution is -2.43. The van der Waals surface area contributed by atoms with Crippen LogP contribution in [0.15, 0.2) is 24.3 Å². The van der Waals surface area contributed by atoms with Crippen LogP contribution in [0.4, 0.5) is 0 Å². The highest BCUT2D eigenvalue weighted by Gasteiger charge is 2.34. The van der Waals surface area contributed by atoms with E-state index in [-0.39, 0.29) is 11.8 Å². The van der Waals surface area contributed by atoms with Crippen LogP contribution in [0.3, 0.4) is 0 Å². The summed E-state index contributed by atoms with van der Waals surface area (Å²) in [5.41, 5.74) is 2.57. The Bertz CT molecular complexity index is 452. The van der Waals surface area contributed by atoms with Crippen molar-refractivity contribution in [3.63, 3.8) is 0 Å². The number of benzene rings is 1. The Morgan fingerprint density at radius 1 is 1.44 bits per heavy atom. The molecule has 1 N–H and O–H groups in total. The van der Waals surface area contributed by atoms with Crippen molar-refractivity contribution >= 4 is 5.91 Å². The number of nitrogens with zero attached hydrogens (tertiary/aromatic N) is 1. The van der Waals surface area contributed by atoms with Crippen LogP contribution >= 0.6 is 0 Å². The highest BCUT2D eigenvalue weighted by molar-refractivity contribution is 5.86. The number of hydrogen-bond donors (Lipinski definition) is 1. The second-order valence-corrected chi connectivity index (χ2v) is 5.47. The first-order valence-corrected chi connectivity index (χ1v) is 6.82. The molecular formula is C15H20N2O. The average Bonchev–Trinajstić information content (AvgIpc) is 2.83. The molecule has 3 heteroatoms. The van der Waals surface area contributed by atoms with Gasteiger partial charge in [0.25, 0.3) is 0 Å². The Morgan fingerprint density at radius 3 is 3.00 bits per heavy atom. The molecule has 3 rings (SSSR count). The van der Waals surface area contributed by atoms with Gasteiger partial charge in [-0.25, -0.2) is 0 Å². The molecule has 96 valence electrons. The van der Waals surface area contributed by atoms with Gasteiger partial charge in [-0.1, -0.05) is 24.3 Å². The van der Waals surface area contributed by atoms with E-state index in [0.29, 0.717) is 6.04 Å². The van der Waals surface area contributed by atoms with Gasteiger partial charge in [0.2, 0.25) is 5.91 Å². The van der Waals surface area contributed by atoms with Gasteiger partial charge in [0, 0.05) is 19.6 Å². The zero-order valence-electron chi connectivity index (χ0n) is 10.9. The third-order valence-electron chi connectivity index (χ3n) is 4.19. The van der Waals surface area contributed by atoms with Gasteiger partial charge in [-0.2, -0.15) is 0 Å². The summed E-state index contributed by atoms with van der Waals surface area (Å²) in [5.74, 6) is 0.384. The maximum absolute atomic E-state index is 12.4. The summed E-state index contributed by atoms with van der Waals surface area (Å²) >= 11 is 0. The second kappa shape index (κ2) is 4.73. The average molecular weight is 244 g/mol. The topological polar surface area (TPSA) is 32.3 Å². The minimum absolute atomic E-state index is 0.104. The summed E-state index contributed by atoms with van der Waals surface area (Å²) in [6.07, 6.45) is 3.34. The maximum Gasteiger partial charge on any atom is 0.230 e. The van der Waals surface area contributed by atoms with Gasteiger partial charge in [-0.15, -0.1) is 0 Å². The minimum Gasteiger partial charge on any atom is -0.344 e. The molecule has 3 nitrogen and oxygen atoms in total. The monoisotopic (exact) mass is 244 g/mol.